The second kappa shape index (κ2) is 4.80. The highest BCUT2D eigenvalue weighted by molar-refractivity contribution is 5.54. The molecule has 18 heavy (non-hydrogen) atoms. The van der Waals surface area contributed by atoms with Crippen molar-refractivity contribution in [1.82, 2.24) is 0 Å². The van der Waals surface area contributed by atoms with E-state index in [0.717, 1.165) is 22.6 Å². The molecule has 3 heteroatoms. The number of anilines is 1. The first-order valence-electron chi connectivity index (χ1n) is 5.65. The first-order chi connectivity index (χ1) is 8.60. The van der Waals surface area contributed by atoms with E-state index in [4.69, 9.17) is 15.7 Å². The third-order valence-corrected chi connectivity index (χ3v) is 2.77. The van der Waals surface area contributed by atoms with Gasteiger partial charge in [0.25, 0.3) is 0 Å². The number of hydrogen-bond donors (Lipinski definition) is 1. The molecule has 3 nitrogen and oxygen atoms in total. The van der Waals surface area contributed by atoms with Crippen LogP contribution in [0.3, 0.4) is 0 Å². The fourth-order valence-corrected chi connectivity index (χ4v) is 1.65. The largest absolute Gasteiger partial charge is 0.457 e. The molecule has 0 fully saturated rings. The number of rotatable bonds is 2. The van der Waals surface area contributed by atoms with Crippen LogP contribution in [0.2, 0.25) is 0 Å². The van der Waals surface area contributed by atoms with Crippen LogP contribution in [0.15, 0.2) is 36.4 Å². The number of hydrogen-bond acceptors (Lipinski definition) is 3. The zero-order chi connectivity index (χ0) is 13.1. The van der Waals surface area contributed by atoms with E-state index in [1.165, 1.54) is 0 Å². The van der Waals surface area contributed by atoms with Gasteiger partial charge in [0.1, 0.15) is 11.5 Å². The quantitative estimate of drug-likeness (QED) is 0.814. The fourth-order valence-electron chi connectivity index (χ4n) is 1.65. The lowest BCUT2D eigenvalue weighted by Crippen LogP contribution is -1.94. The summed E-state index contributed by atoms with van der Waals surface area (Å²) < 4.78 is 5.78. The molecule has 2 rings (SSSR count). The summed E-state index contributed by atoms with van der Waals surface area (Å²) in [7, 11) is 0. The molecule has 0 radical (unpaired) electrons. The van der Waals surface area contributed by atoms with E-state index >= 15 is 0 Å². The Bertz CT molecular complexity index is 610. The first-order valence-corrected chi connectivity index (χ1v) is 5.65. The van der Waals surface area contributed by atoms with Gasteiger partial charge in [0.05, 0.1) is 11.6 Å². The number of benzene rings is 2. The van der Waals surface area contributed by atoms with Crippen LogP contribution in [0.5, 0.6) is 11.5 Å². The second-order valence-electron chi connectivity index (χ2n) is 4.21. The lowest BCUT2D eigenvalue weighted by Gasteiger charge is -2.11. The number of aryl methyl sites for hydroxylation is 2. The van der Waals surface area contributed by atoms with Crippen molar-refractivity contribution in [3.8, 4) is 17.6 Å². The maximum absolute atomic E-state index is 8.72. The Morgan fingerprint density at radius 3 is 2.33 bits per heavy atom. The predicted octanol–water partition coefficient (Wildman–Crippen LogP) is 3.55. The molecule has 0 spiro atoms. The van der Waals surface area contributed by atoms with E-state index in [1.807, 2.05) is 26.0 Å². The van der Waals surface area contributed by atoms with Crippen molar-refractivity contribution in [3.05, 3.63) is 53.1 Å². The minimum Gasteiger partial charge on any atom is -0.457 e. The molecule has 0 atom stereocenters. The third-order valence-electron chi connectivity index (χ3n) is 2.77. The molecule has 0 bridgehead atoms. The predicted molar refractivity (Wildman–Crippen MR) is 71.6 cm³/mol. The molecule has 0 aromatic heterocycles. The standard InChI is InChI=1S/C15H14N2O/c1-10-8-15(11(2)7-14(10)17)18-13-5-3-12(9-16)4-6-13/h3-8H,17H2,1-2H3. The van der Waals surface area contributed by atoms with Gasteiger partial charge in [0.2, 0.25) is 0 Å². The smallest absolute Gasteiger partial charge is 0.130 e. The van der Waals surface area contributed by atoms with Gasteiger partial charge in [0, 0.05) is 5.69 Å². The summed E-state index contributed by atoms with van der Waals surface area (Å²) in [6.45, 7) is 3.90. The van der Waals surface area contributed by atoms with Crippen molar-refractivity contribution in [1.29, 1.82) is 5.26 Å². The van der Waals surface area contributed by atoms with Crippen LogP contribution in [0.1, 0.15) is 16.7 Å². The first kappa shape index (κ1) is 12.0. The highest BCUT2D eigenvalue weighted by Gasteiger charge is 2.04. The molecule has 0 aliphatic carbocycles. The molecule has 0 aliphatic heterocycles. The summed E-state index contributed by atoms with van der Waals surface area (Å²) in [4.78, 5) is 0. The minimum atomic E-state index is 0.618. The lowest BCUT2D eigenvalue weighted by atomic mass is 10.1. The summed E-state index contributed by atoms with van der Waals surface area (Å²) in [6.07, 6.45) is 0. The number of nitrogens with two attached hydrogens (primary N) is 1. The summed E-state index contributed by atoms with van der Waals surface area (Å²) in [6, 6.07) is 12.9. The van der Waals surface area contributed by atoms with Gasteiger partial charge in [-0.25, -0.2) is 0 Å². The normalized spacial score (nSPS) is 9.83. The molecule has 0 saturated heterocycles. The molecular formula is C15H14N2O. The van der Waals surface area contributed by atoms with Gasteiger partial charge in [-0.3, -0.25) is 0 Å². The molecule has 0 amide bonds. The van der Waals surface area contributed by atoms with Gasteiger partial charge in [0.15, 0.2) is 0 Å². The Balaban J connectivity index is 2.28. The molecule has 90 valence electrons. The molecule has 0 saturated carbocycles. The van der Waals surface area contributed by atoms with Crippen LogP contribution in [0, 0.1) is 25.2 Å². The number of nitrogens with zero attached hydrogens (tertiary/aromatic N) is 1. The molecule has 0 unspecified atom stereocenters. The van der Waals surface area contributed by atoms with E-state index in [1.54, 1.807) is 24.3 Å². The van der Waals surface area contributed by atoms with Crippen molar-refractivity contribution in [2.75, 3.05) is 5.73 Å². The number of nitrogen functional groups attached to an aromatic ring is 1. The average molecular weight is 238 g/mol. The van der Waals surface area contributed by atoms with Crippen LogP contribution < -0.4 is 10.5 Å². The van der Waals surface area contributed by atoms with Crippen molar-refractivity contribution >= 4 is 5.69 Å². The van der Waals surface area contributed by atoms with Gasteiger partial charge >= 0.3 is 0 Å². The van der Waals surface area contributed by atoms with E-state index in [2.05, 4.69) is 6.07 Å². The Morgan fingerprint density at radius 1 is 1.06 bits per heavy atom. The van der Waals surface area contributed by atoms with Gasteiger partial charge in [-0.05, 0) is 61.4 Å². The van der Waals surface area contributed by atoms with Gasteiger partial charge in [-0.1, -0.05) is 0 Å². The van der Waals surface area contributed by atoms with E-state index < -0.39 is 0 Å². The Hall–Kier alpha value is -2.47. The Morgan fingerprint density at radius 2 is 1.72 bits per heavy atom. The molecule has 0 aliphatic rings. The fraction of sp³-hybridized carbons (Fsp3) is 0.133. The van der Waals surface area contributed by atoms with Crippen LogP contribution in [-0.4, -0.2) is 0 Å². The zero-order valence-electron chi connectivity index (χ0n) is 10.4. The van der Waals surface area contributed by atoms with E-state index in [-0.39, 0.29) is 0 Å². The summed E-state index contributed by atoms with van der Waals surface area (Å²) >= 11 is 0. The summed E-state index contributed by atoms with van der Waals surface area (Å²) in [5.74, 6) is 1.49. The highest BCUT2D eigenvalue weighted by Crippen LogP contribution is 2.28. The Kier molecular flexibility index (Phi) is 3.20. The summed E-state index contributed by atoms with van der Waals surface area (Å²) in [5.41, 5.74) is 9.19. The van der Waals surface area contributed by atoms with Crippen LogP contribution in [-0.2, 0) is 0 Å². The third kappa shape index (κ3) is 2.44. The van der Waals surface area contributed by atoms with Gasteiger partial charge in [-0.15, -0.1) is 0 Å². The van der Waals surface area contributed by atoms with Crippen molar-refractivity contribution < 1.29 is 4.74 Å². The SMILES string of the molecule is Cc1cc(Oc2ccc(C#N)cc2)c(C)cc1N. The average Bonchev–Trinajstić information content (AvgIpc) is 2.37. The molecule has 2 aromatic carbocycles. The second-order valence-corrected chi connectivity index (χ2v) is 4.21. The van der Waals surface area contributed by atoms with Crippen LogP contribution in [0.25, 0.3) is 0 Å². The van der Waals surface area contributed by atoms with Crippen molar-refractivity contribution in [2.24, 2.45) is 0 Å². The van der Waals surface area contributed by atoms with Crippen molar-refractivity contribution in [2.45, 2.75) is 13.8 Å². The number of ether oxygens (including phenoxy) is 1. The number of nitriles is 1. The van der Waals surface area contributed by atoms with Gasteiger partial charge in [-0.2, -0.15) is 5.26 Å². The molecule has 2 aromatic rings. The molecule has 2 N–H and O–H groups in total. The topological polar surface area (TPSA) is 59.0 Å². The van der Waals surface area contributed by atoms with Gasteiger partial charge < -0.3 is 10.5 Å². The Labute approximate surface area is 106 Å². The molecule has 0 heterocycles. The monoisotopic (exact) mass is 238 g/mol. The minimum absolute atomic E-state index is 0.618. The summed E-state index contributed by atoms with van der Waals surface area (Å²) in [5, 5.41) is 8.72. The zero-order valence-corrected chi connectivity index (χ0v) is 10.4. The molecular weight excluding hydrogens is 224 g/mol. The maximum Gasteiger partial charge on any atom is 0.130 e. The lowest BCUT2D eigenvalue weighted by molar-refractivity contribution is 0.478. The van der Waals surface area contributed by atoms with Crippen LogP contribution >= 0.6 is 0 Å². The van der Waals surface area contributed by atoms with E-state index in [0.29, 0.717) is 11.3 Å². The van der Waals surface area contributed by atoms with E-state index in [9.17, 15) is 0 Å². The van der Waals surface area contributed by atoms with Crippen LogP contribution in [0.4, 0.5) is 5.69 Å². The van der Waals surface area contributed by atoms with Crippen molar-refractivity contribution in [3.63, 3.8) is 0 Å². The maximum atomic E-state index is 8.72. The highest BCUT2D eigenvalue weighted by atomic mass is 16.5.